The van der Waals surface area contributed by atoms with Crippen LogP contribution in [0, 0.1) is 5.41 Å². The number of carbonyl (C=O) groups is 4. The van der Waals surface area contributed by atoms with Gasteiger partial charge in [-0.1, -0.05) is 6.07 Å². The topological polar surface area (TPSA) is 106 Å². The Bertz CT molecular complexity index is 1210. The Morgan fingerprint density at radius 2 is 1.86 bits per heavy atom. The van der Waals surface area contributed by atoms with Gasteiger partial charge in [0.25, 0.3) is 5.91 Å². The van der Waals surface area contributed by atoms with Gasteiger partial charge in [0.15, 0.2) is 0 Å². The molecule has 9 nitrogen and oxygen atoms in total. The van der Waals surface area contributed by atoms with Crippen molar-refractivity contribution in [2.45, 2.75) is 51.1 Å². The van der Waals surface area contributed by atoms with Gasteiger partial charge >= 0.3 is 0 Å². The van der Waals surface area contributed by atoms with Crippen LogP contribution in [0.15, 0.2) is 36.5 Å². The van der Waals surface area contributed by atoms with E-state index in [1.165, 1.54) is 0 Å². The number of carbonyl (C=O) groups excluding carboxylic acids is 4. The van der Waals surface area contributed by atoms with E-state index < -0.39 is 6.04 Å². The number of aromatic amines is 1. The Balaban J connectivity index is 1.07. The maximum Gasteiger partial charge on any atom is 0.255 e. The summed E-state index contributed by atoms with van der Waals surface area (Å²) in [7, 11) is 0. The van der Waals surface area contributed by atoms with Crippen molar-refractivity contribution in [2.24, 2.45) is 5.41 Å². The average Bonchev–Trinajstić information content (AvgIpc) is 3.49. The van der Waals surface area contributed by atoms with Crippen LogP contribution >= 0.6 is 0 Å². The maximum atomic E-state index is 13.1. The van der Waals surface area contributed by atoms with Gasteiger partial charge in [-0.2, -0.15) is 0 Å². The highest BCUT2D eigenvalue weighted by atomic mass is 16.2. The molecular weight excluding hydrogens is 458 g/mol. The smallest absolute Gasteiger partial charge is 0.255 e. The Morgan fingerprint density at radius 1 is 1.06 bits per heavy atom. The fraction of sp³-hybridized carbons (Fsp3) is 0.481. The van der Waals surface area contributed by atoms with Gasteiger partial charge in [0.1, 0.15) is 6.04 Å². The fourth-order valence-corrected chi connectivity index (χ4v) is 6.27. The van der Waals surface area contributed by atoms with E-state index in [4.69, 9.17) is 0 Å². The molecule has 4 aliphatic heterocycles. The van der Waals surface area contributed by atoms with Crippen molar-refractivity contribution in [3.63, 3.8) is 0 Å². The number of H-pyrrole nitrogens is 1. The Hall–Kier alpha value is -3.62. The summed E-state index contributed by atoms with van der Waals surface area (Å²) in [5.41, 5.74) is 3.99. The van der Waals surface area contributed by atoms with Crippen molar-refractivity contribution < 1.29 is 19.2 Å². The van der Waals surface area contributed by atoms with Crippen LogP contribution in [0.4, 0.5) is 5.69 Å². The molecule has 4 amide bonds. The molecule has 2 N–H and O–H groups in total. The molecule has 1 spiro atoms. The molecule has 6 rings (SSSR count). The minimum Gasteiger partial charge on any atom is -0.370 e. The number of hydrogen-bond donors (Lipinski definition) is 2. The number of amides is 4. The number of imide groups is 1. The third-order valence-corrected chi connectivity index (χ3v) is 8.40. The minimum atomic E-state index is -0.600. The first-order valence-corrected chi connectivity index (χ1v) is 12.8. The number of nitrogens with zero attached hydrogens (tertiary/aromatic N) is 3. The number of anilines is 1. The molecular formula is C27H31N5O4. The van der Waals surface area contributed by atoms with Crippen molar-refractivity contribution in [1.82, 2.24) is 20.1 Å². The third kappa shape index (κ3) is 3.96. The first-order valence-electron chi connectivity index (χ1n) is 12.8. The second-order valence-corrected chi connectivity index (χ2v) is 10.6. The van der Waals surface area contributed by atoms with Crippen molar-refractivity contribution >= 4 is 29.3 Å². The van der Waals surface area contributed by atoms with E-state index in [0.717, 1.165) is 62.4 Å². The Kier molecular flexibility index (Phi) is 5.58. The van der Waals surface area contributed by atoms with Crippen LogP contribution in [0.1, 0.15) is 53.7 Å². The number of aromatic nitrogens is 1. The first-order chi connectivity index (χ1) is 17.4. The summed E-state index contributed by atoms with van der Waals surface area (Å²) in [4.78, 5) is 58.9. The minimum absolute atomic E-state index is 0.136. The molecule has 5 heterocycles. The summed E-state index contributed by atoms with van der Waals surface area (Å²) in [6.07, 6.45) is 5.78. The van der Waals surface area contributed by atoms with E-state index in [9.17, 15) is 19.2 Å². The van der Waals surface area contributed by atoms with Crippen molar-refractivity contribution in [3.8, 4) is 0 Å². The zero-order valence-corrected chi connectivity index (χ0v) is 20.3. The molecule has 1 unspecified atom stereocenters. The quantitative estimate of drug-likeness (QED) is 0.624. The fourth-order valence-electron chi connectivity index (χ4n) is 6.27. The van der Waals surface area contributed by atoms with E-state index in [1.54, 1.807) is 4.90 Å². The van der Waals surface area contributed by atoms with Crippen molar-refractivity contribution in [3.05, 3.63) is 53.3 Å². The highest BCUT2D eigenvalue weighted by molar-refractivity contribution is 6.06. The van der Waals surface area contributed by atoms with Gasteiger partial charge in [0.2, 0.25) is 17.7 Å². The Morgan fingerprint density at radius 3 is 2.58 bits per heavy atom. The molecule has 1 aromatic heterocycles. The number of benzene rings is 1. The van der Waals surface area contributed by atoms with Gasteiger partial charge in [0, 0.05) is 79.7 Å². The van der Waals surface area contributed by atoms with E-state index in [2.05, 4.69) is 21.3 Å². The molecule has 0 bridgehead atoms. The van der Waals surface area contributed by atoms with Crippen LogP contribution in [0.2, 0.25) is 0 Å². The van der Waals surface area contributed by atoms with Crippen LogP contribution in [0.5, 0.6) is 0 Å². The first kappa shape index (κ1) is 22.8. The summed E-state index contributed by atoms with van der Waals surface area (Å²) in [5, 5.41) is 2.37. The molecule has 0 saturated carbocycles. The summed E-state index contributed by atoms with van der Waals surface area (Å²) < 4.78 is 0. The lowest BCUT2D eigenvalue weighted by Crippen LogP contribution is -2.61. The SMILES string of the molecule is O=C1CCC(N2Cc3c(cccc3N3CC4(CCN(C(=O)CCc5ccc[nH]5)CC4)C3)C2=O)C(=O)N1. The Labute approximate surface area is 209 Å². The van der Waals surface area contributed by atoms with Gasteiger partial charge in [-0.3, -0.25) is 24.5 Å². The maximum absolute atomic E-state index is 13.1. The van der Waals surface area contributed by atoms with Gasteiger partial charge in [-0.15, -0.1) is 0 Å². The predicted octanol–water partition coefficient (Wildman–Crippen LogP) is 1.84. The van der Waals surface area contributed by atoms with Crippen LogP contribution in [0.25, 0.3) is 0 Å². The largest absolute Gasteiger partial charge is 0.370 e. The zero-order valence-electron chi connectivity index (χ0n) is 20.3. The molecule has 36 heavy (non-hydrogen) atoms. The molecule has 9 heteroatoms. The van der Waals surface area contributed by atoms with Crippen molar-refractivity contribution in [2.75, 3.05) is 31.1 Å². The second kappa shape index (κ2) is 8.80. The highest BCUT2D eigenvalue weighted by Crippen LogP contribution is 2.45. The molecule has 2 aromatic rings. The number of likely N-dealkylation sites (tertiary alicyclic amines) is 1. The summed E-state index contributed by atoms with van der Waals surface area (Å²) in [5.74, 6) is -0.572. The zero-order chi connectivity index (χ0) is 24.9. The van der Waals surface area contributed by atoms with Gasteiger partial charge in [0.05, 0.1) is 0 Å². The van der Waals surface area contributed by atoms with Crippen LogP contribution in [-0.4, -0.2) is 70.6 Å². The molecule has 4 aliphatic rings. The summed E-state index contributed by atoms with van der Waals surface area (Å²) >= 11 is 0. The molecule has 3 fully saturated rings. The standard InChI is InChI=1S/C27H31N5O4/c33-23-8-7-22(25(35)29-23)32-15-20-19(26(32)36)4-1-5-21(20)31-16-27(17-31)10-13-30(14-11-27)24(34)9-6-18-3-2-12-28-18/h1-5,12,22,28H,6-11,13-17H2,(H,29,33,35). The number of fused-ring (bicyclic) bond motifs is 1. The summed E-state index contributed by atoms with van der Waals surface area (Å²) in [6, 6.07) is 9.18. The van der Waals surface area contributed by atoms with Crippen LogP contribution in [-0.2, 0) is 27.3 Å². The lowest BCUT2D eigenvalue weighted by atomic mass is 9.71. The number of hydrogen-bond acceptors (Lipinski definition) is 5. The van der Waals surface area contributed by atoms with Crippen LogP contribution < -0.4 is 10.2 Å². The van der Waals surface area contributed by atoms with Gasteiger partial charge in [-0.05, 0) is 49.9 Å². The number of aryl methyl sites for hydroxylation is 1. The molecule has 3 saturated heterocycles. The van der Waals surface area contributed by atoms with E-state index in [0.29, 0.717) is 24.9 Å². The van der Waals surface area contributed by atoms with Crippen molar-refractivity contribution in [1.29, 1.82) is 0 Å². The van der Waals surface area contributed by atoms with Gasteiger partial charge < -0.3 is 19.7 Å². The van der Waals surface area contributed by atoms with Gasteiger partial charge in [-0.25, -0.2) is 0 Å². The monoisotopic (exact) mass is 489 g/mol. The molecule has 0 aliphatic carbocycles. The molecule has 1 atom stereocenters. The lowest BCUT2D eigenvalue weighted by Gasteiger charge is -2.55. The normalized spacial score (nSPS) is 23.1. The number of nitrogens with one attached hydrogen (secondary N) is 2. The average molecular weight is 490 g/mol. The predicted molar refractivity (Wildman–Crippen MR) is 132 cm³/mol. The second-order valence-electron chi connectivity index (χ2n) is 10.6. The molecule has 1 aromatic carbocycles. The van der Waals surface area contributed by atoms with E-state index >= 15 is 0 Å². The van der Waals surface area contributed by atoms with Crippen LogP contribution in [0.3, 0.4) is 0 Å². The third-order valence-electron chi connectivity index (χ3n) is 8.40. The summed E-state index contributed by atoms with van der Waals surface area (Å²) in [6.45, 7) is 3.82. The van der Waals surface area contributed by atoms with E-state index in [1.807, 2.05) is 35.4 Å². The molecule has 188 valence electrons. The highest BCUT2D eigenvalue weighted by Gasteiger charge is 2.47. The number of piperidine rings is 2. The number of rotatable bonds is 5. The van der Waals surface area contributed by atoms with E-state index in [-0.39, 0.29) is 35.5 Å². The lowest BCUT2D eigenvalue weighted by molar-refractivity contribution is -0.137. The molecule has 0 radical (unpaired) electrons.